The average Bonchev–Trinajstić information content (AvgIpc) is 3.03. The van der Waals surface area contributed by atoms with Crippen LogP contribution in [0, 0.1) is 0 Å². The van der Waals surface area contributed by atoms with Gasteiger partial charge in [0.2, 0.25) is 0 Å². The third-order valence-electron chi connectivity index (χ3n) is 4.98. The maximum absolute atomic E-state index is 12.5. The molecule has 1 atom stereocenters. The van der Waals surface area contributed by atoms with Crippen LogP contribution in [0.5, 0.6) is 11.5 Å². The minimum absolute atomic E-state index is 0.0596. The molecule has 0 aliphatic carbocycles. The molecule has 2 aromatic rings. The molecule has 2 aliphatic heterocycles. The molecule has 0 saturated heterocycles. The Balaban J connectivity index is 1.42. The summed E-state index contributed by atoms with van der Waals surface area (Å²) in [7, 11) is 0. The molecule has 0 aromatic heterocycles. The number of benzene rings is 2. The Morgan fingerprint density at radius 2 is 1.81 bits per heavy atom. The van der Waals surface area contributed by atoms with Gasteiger partial charge in [0.1, 0.15) is 13.2 Å². The number of imide groups is 1. The Bertz CT molecular complexity index is 1140. The lowest BCUT2D eigenvalue weighted by Gasteiger charge is -2.19. The summed E-state index contributed by atoms with van der Waals surface area (Å²) in [5, 5.41) is 2.66. The summed E-state index contributed by atoms with van der Waals surface area (Å²) in [6, 6.07) is 9.03. The predicted molar refractivity (Wildman–Crippen MR) is 113 cm³/mol. The van der Waals surface area contributed by atoms with Crippen molar-refractivity contribution in [1.29, 1.82) is 0 Å². The topological polar surface area (TPSA) is 111 Å². The fraction of sp³-hybridized carbons (Fsp3) is 0.217. The third kappa shape index (κ3) is 3.92. The molecule has 4 rings (SSSR count). The van der Waals surface area contributed by atoms with Gasteiger partial charge >= 0.3 is 5.97 Å². The molecule has 9 nitrogen and oxygen atoms in total. The highest BCUT2D eigenvalue weighted by atomic mass is 16.6. The second kappa shape index (κ2) is 8.54. The van der Waals surface area contributed by atoms with Gasteiger partial charge in [-0.3, -0.25) is 19.3 Å². The van der Waals surface area contributed by atoms with Crippen molar-refractivity contribution in [1.82, 2.24) is 4.90 Å². The van der Waals surface area contributed by atoms with Gasteiger partial charge in [-0.25, -0.2) is 4.79 Å². The van der Waals surface area contributed by atoms with E-state index in [1.54, 1.807) is 18.2 Å². The lowest BCUT2D eigenvalue weighted by Crippen LogP contribution is -2.30. The Kier molecular flexibility index (Phi) is 5.63. The van der Waals surface area contributed by atoms with Crippen molar-refractivity contribution in [2.24, 2.45) is 0 Å². The smallest absolute Gasteiger partial charge is 0.338 e. The number of carbonyl (C=O) groups is 4. The second-order valence-electron chi connectivity index (χ2n) is 7.17. The number of anilines is 1. The minimum Gasteiger partial charge on any atom is -0.486 e. The van der Waals surface area contributed by atoms with E-state index in [0.29, 0.717) is 30.4 Å². The van der Waals surface area contributed by atoms with E-state index < -0.39 is 29.8 Å². The van der Waals surface area contributed by atoms with E-state index >= 15 is 0 Å². The molecule has 2 heterocycles. The van der Waals surface area contributed by atoms with E-state index in [-0.39, 0.29) is 23.2 Å². The summed E-state index contributed by atoms with van der Waals surface area (Å²) >= 11 is 0. The van der Waals surface area contributed by atoms with Crippen LogP contribution < -0.4 is 14.8 Å². The van der Waals surface area contributed by atoms with E-state index in [1.165, 1.54) is 31.2 Å². The summed E-state index contributed by atoms with van der Waals surface area (Å²) in [6.07, 6.45) is 0.331. The molecule has 2 aliphatic rings. The molecule has 32 heavy (non-hydrogen) atoms. The van der Waals surface area contributed by atoms with Crippen molar-refractivity contribution in [3.8, 4) is 11.5 Å². The maximum atomic E-state index is 12.5. The van der Waals surface area contributed by atoms with Crippen LogP contribution in [-0.2, 0) is 9.53 Å². The van der Waals surface area contributed by atoms with Gasteiger partial charge < -0.3 is 19.5 Å². The number of carbonyl (C=O) groups excluding carboxylic acids is 4. The normalized spacial score (nSPS) is 15.1. The lowest BCUT2D eigenvalue weighted by molar-refractivity contribution is -0.123. The number of hydrogen-bond acceptors (Lipinski definition) is 7. The van der Waals surface area contributed by atoms with Crippen LogP contribution in [0.25, 0.3) is 0 Å². The molecule has 0 spiro atoms. The molecule has 0 fully saturated rings. The first-order valence-electron chi connectivity index (χ1n) is 9.91. The van der Waals surface area contributed by atoms with E-state index in [2.05, 4.69) is 11.9 Å². The summed E-state index contributed by atoms with van der Waals surface area (Å²) < 4.78 is 16.2. The summed E-state index contributed by atoms with van der Waals surface area (Å²) in [5.74, 6) is -1.19. The van der Waals surface area contributed by atoms with Gasteiger partial charge in [0.05, 0.1) is 16.7 Å². The molecular formula is C23H20N2O7. The molecule has 9 heteroatoms. The van der Waals surface area contributed by atoms with Crippen LogP contribution in [0.3, 0.4) is 0 Å². The van der Waals surface area contributed by atoms with Crippen LogP contribution in [0.1, 0.15) is 38.0 Å². The van der Waals surface area contributed by atoms with Crippen molar-refractivity contribution in [2.45, 2.75) is 13.0 Å². The van der Waals surface area contributed by atoms with Gasteiger partial charge in [-0.15, -0.1) is 6.58 Å². The Hall–Kier alpha value is -4.14. The van der Waals surface area contributed by atoms with E-state index in [4.69, 9.17) is 14.2 Å². The van der Waals surface area contributed by atoms with E-state index in [9.17, 15) is 19.2 Å². The zero-order valence-corrected chi connectivity index (χ0v) is 17.3. The minimum atomic E-state index is -1.11. The lowest BCUT2D eigenvalue weighted by atomic mass is 10.1. The van der Waals surface area contributed by atoms with Crippen LogP contribution in [-0.4, -0.2) is 54.5 Å². The van der Waals surface area contributed by atoms with Crippen LogP contribution in [0.15, 0.2) is 49.1 Å². The standard InChI is InChI=1S/C23H20N2O7/c1-3-8-25-21(27)16-6-4-14(11-17(16)22(25)28)23(29)32-13(2)20(26)24-15-5-7-18-19(12-15)31-10-9-30-18/h3-7,11-13H,1,8-10H2,2H3,(H,24,26)/t13-/m0/s1. The van der Waals surface area contributed by atoms with Gasteiger partial charge in [-0.1, -0.05) is 6.08 Å². The molecule has 164 valence electrons. The molecule has 0 saturated carbocycles. The van der Waals surface area contributed by atoms with Crippen molar-refractivity contribution < 1.29 is 33.4 Å². The highest BCUT2D eigenvalue weighted by Gasteiger charge is 2.35. The Morgan fingerprint density at radius 3 is 2.56 bits per heavy atom. The van der Waals surface area contributed by atoms with Gasteiger partial charge in [-0.05, 0) is 37.3 Å². The monoisotopic (exact) mass is 436 g/mol. The first-order valence-corrected chi connectivity index (χ1v) is 9.91. The third-order valence-corrected chi connectivity index (χ3v) is 4.98. The Morgan fingerprint density at radius 1 is 1.09 bits per heavy atom. The van der Waals surface area contributed by atoms with Crippen molar-refractivity contribution in [2.75, 3.05) is 25.1 Å². The summed E-state index contributed by atoms with van der Waals surface area (Å²) in [4.78, 5) is 50.8. The second-order valence-corrected chi connectivity index (χ2v) is 7.17. The predicted octanol–water partition coefficient (Wildman–Crippen LogP) is 2.42. The van der Waals surface area contributed by atoms with E-state index in [0.717, 1.165) is 4.90 Å². The van der Waals surface area contributed by atoms with Gasteiger partial charge in [0, 0.05) is 18.3 Å². The molecule has 0 bridgehead atoms. The highest BCUT2D eigenvalue weighted by Crippen LogP contribution is 2.32. The zero-order valence-electron chi connectivity index (χ0n) is 17.3. The number of fused-ring (bicyclic) bond motifs is 2. The Labute approximate surface area is 183 Å². The maximum Gasteiger partial charge on any atom is 0.338 e. The van der Waals surface area contributed by atoms with Crippen molar-refractivity contribution in [3.63, 3.8) is 0 Å². The number of esters is 1. The number of rotatable bonds is 6. The molecule has 0 unspecified atom stereocenters. The van der Waals surface area contributed by atoms with Crippen molar-refractivity contribution >= 4 is 29.4 Å². The number of hydrogen-bond donors (Lipinski definition) is 1. The van der Waals surface area contributed by atoms with Crippen molar-refractivity contribution in [3.05, 3.63) is 65.7 Å². The number of amides is 3. The SMILES string of the molecule is C=CCN1C(=O)c2ccc(C(=O)O[C@@H](C)C(=O)Nc3ccc4c(c3)OCCO4)cc2C1=O. The number of nitrogens with zero attached hydrogens (tertiary/aromatic N) is 1. The quantitative estimate of drug-likeness (QED) is 0.421. The van der Waals surface area contributed by atoms with Gasteiger partial charge in [0.15, 0.2) is 17.6 Å². The fourth-order valence-electron chi connectivity index (χ4n) is 3.36. The first kappa shape index (κ1) is 21.1. The van der Waals surface area contributed by atoms with Gasteiger partial charge in [-0.2, -0.15) is 0 Å². The molecule has 0 radical (unpaired) electrons. The highest BCUT2D eigenvalue weighted by molar-refractivity contribution is 6.22. The first-order chi connectivity index (χ1) is 15.4. The average molecular weight is 436 g/mol. The summed E-state index contributed by atoms with van der Waals surface area (Å²) in [6.45, 7) is 5.91. The zero-order chi connectivity index (χ0) is 22.8. The van der Waals surface area contributed by atoms with Crippen LogP contribution >= 0.6 is 0 Å². The summed E-state index contributed by atoms with van der Waals surface area (Å²) in [5.41, 5.74) is 0.841. The largest absolute Gasteiger partial charge is 0.486 e. The molecule has 3 amide bonds. The number of nitrogens with one attached hydrogen (secondary N) is 1. The fourth-order valence-corrected chi connectivity index (χ4v) is 3.36. The van der Waals surface area contributed by atoms with Crippen LogP contribution in [0.4, 0.5) is 5.69 Å². The molecule has 1 N–H and O–H groups in total. The van der Waals surface area contributed by atoms with Gasteiger partial charge in [0.25, 0.3) is 17.7 Å². The van der Waals surface area contributed by atoms with Crippen LogP contribution in [0.2, 0.25) is 0 Å². The number of ether oxygens (including phenoxy) is 3. The van der Waals surface area contributed by atoms with E-state index in [1.807, 2.05) is 0 Å². The molecule has 2 aromatic carbocycles. The molecular weight excluding hydrogens is 416 g/mol.